The monoisotopic (exact) mass is 565 g/mol. The summed E-state index contributed by atoms with van der Waals surface area (Å²) >= 11 is 0. The highest BCUT2D eigenvalue weighted by Crippen LogP contribution is 2.61. The van der Waals surface area contributed by atoms with Crippen molar-refractivity contribution in [2.24, 2.45) is 11.8 Å². The molecule has 0 radical (unpaired) electrons. The average molecular weight is 566 g/mol. The molecule has 0 aliphatic heterocycles. The van der Waals surface area contributed by atoms with Crippen LogP contribution >= 0.6 is 0 Å². The Morgan fingerprint density at radius 3 is 1.61 bits per heavy atom. The fraction of sp³-hybridized carbons (Fsp3) is 0.195. The van der Waals surface area contributed by atoms with Crippen LogP contribution in [0.15, 0.2) is 115 Å². The Morgan fingerprint density at radius 2 is 0.955 bits per heavy atom. The molecule has 44 heavy (non-hydrogen) atoms. The van der Waals surface area contributed by atoms with Gasteiger partial charge < -0.3 is 0 Å². The van der Waals surface area contributed by atoms with Crippen molar-refractivity contribution in [3.63, 3.8) is 0 Å². The van der Waals surface area contributed by atoms with Crippen LogP contribution in [-0.2, 0) is 0 Å². The summed E-state index contributed by atoms with van der Waals surface area (Å²) in [5, 5.41) is 8.00. The van der Waals surface area contributed by atoms with Crippen LogP contribution in [0.25, 0.3) is 66.5 Å². The van der Waals surface area contributed by atoms with Crippen molar-refractivity contribution in [2.75, 3.05) is 0 Å². The zero-order chi connectivity index (χ0) is 28.8. The van der Waals surface area contributed by atoms with Crippen LogP contribution in [0.4, 0.5) is 0 Å². The molecular weight excluding hydrogens is 534 g/mol. The fourth-order valence-corrected chi connectivity index (χ4v) is 8.98. The highest BCUT2D eigenvalue weighted by molar-refractivity contribution is 6.26. The van der Waals surface area contributed by atoms with Gasteiger partial charge in [-0.1, -0.05) is 97.1 Å². The van der Waals surface area contributed by atoms with Gasteiger partial charge in [0.15, 0.2) is 17.5 Å². The van der Waals surface area contributed by atoms with Crippen LogP contribution in [0, 0.1) is 11.8 Å². The van der Waals surface area contributed by atoms with Crippen LogP contribution in [-0.4, -0.2) is 15.0 Å². The predicted molar refractivity (Wildman–Crippen MR) is 180 cm³/mol. The van der Waals surface area contributed by atoms with E-state index in [-0.39, 0.29) is 0 Å². The normalized spacial score (nSPS) is 21.7. The Bertz CT molecular complexity index is 2200. The molecule has 6 aromatic carbocycles. The maximum absolute atomic E-state index is 5.03. The second kappa shape index (κ2) is 9.30. The van der Waals surface area contributed by atoms with Gasteiger partial charge >= 0.3 is 0 Å². The third kappa shape index (κ3) is 3.65. The summed E-state index contributed by atoms with van der Waals surface area (Å²) in [6, 6.07) is 41.4. The number of rotatable bonds is 3. The van der Waals surface area contributed by atoms with Gasteiger partial charge in [0.05, 0.1) is 0 Å². The van der Waals surface area contributed by atoms with E-state index in [0.29, 0.717) is 17.5 Å². The van der Waals surface area contributed by atoms with Crippen LogP contribution in [0.3, 0.4) is 0 Å². The summed E-state index contributed by atoms with van der Waals surface area (Å²) in [7, 11) is 0. The zero-order valence-corrected chi connectivity index (χ0v) is 24.4. The van der Waals surface area contributed by atoms with E-state index in [4.69, 9.17) is 15.0 Å². The first-order valence-electron chi connectivity index (χ1n) is 16.1. The lowest BCUT2D eigenvalue weighted by molar-refractivity contribution is 0.297. The van der Waals surface area contributed by atoms with Crippen molar-refractivity contribution in [2.45, 2.75) is 37.5 Å². The first-order chi connectivity index (χ1) is 21.8. The second-order valence-electron chi connectivity index (χ2n) is 13.2. The van der Waals surface area contributed by atoms with E-state index in [0.717, 1.165) is 40.4 Å². The Morgan fingerprint density at radius 1 is 0.409 bits per heavy atom. The number of hydrogen-bond acceptors (Lipinski definition) is 3. The summed E-state index contributed by atoms with van der Waals surface area (Å²) in [6.45, 7) is 0. The van der Waals surface area contributed by atoms with E-state index in [2.05, 4.69) is 78.9 Å². The number of hydrogen-bond donors (Lipinski definition) is 0. The SMILES string of the molecule is c1ccc(-c2nc(-c3ccccc3)nc(-c3ccc4c(c3)c3ccccc3c3cc5c(cc43)C3CC4CC(C3)C5C4)n2)cc1. The van der Waals surface area contributed by atoms with Gasteiger partial charge in [-0.05, 0) is 111 Å². The third-order valence-corrected chi connectivity index (χ3v) is 10.8. The molecule has 3 aliphatic carbocycles. The summed E-state index contributed by atoms with van der Waals surface area (Å²) in [6.07, 6.45) is 5.63. The quantitative estimate of drug-likeness (QED) is 0.200. The third-order valence-electron chi connectivity index (χ3n) is 10.8. The Kier molecular flexibility index (Phi) is 5.19. The number of benzene rings is 6. The van der Waals surface area contributed by atoms with Crippen molar-refractivity contribution < 1.29 is 0 Å². The molecule has 4 atom stereocenters. The summed E-state index contributed by atoms with van der Waals surface area (Å²) in [5.74, 6) is 5.40. The van der Waals surface area contributed by atoms with Gasteiger partial charge in [-0.25, -0.2) is 15.0 Å². The molecule has 0 spiro atoms. The first kappa shape index (κ1) is 24.5. The molecule has 0 amide bonds. The van der Waals surface area contributed by atoms with Crippen molar-refractivity contribution in [1.82, 2.24) is 15.0 Å². The second-order valence-corrected chi connectivity index (χ2v) is 13.2. The van der Waals surface area contributed by atoms with E-state index >= 15 is 0 Å². The summed E-state index contributed by atoms with van der Waals surface area (Å²) in [4.78, 5) is 15.0. The average Bonchev–Trinajstić information content (AvgIpc) is 3.34. The van der Waals surface area contributed by atoms with E-state index in [1.165, 1.54) is 58.0 Å². The van der Waals surface area contributed by atoms with Crippen LogP contribution in [0.2, 0.25) is 0 Å². The van der Waals surface area contributed by atoms with Crippen LogP contribution < -0.4 is 0 Å². The smallest absolute Gasteiger partial charge is 0.164 e. The molecule has 4 unspecified atom stereocenters. The Balaban J connectivity index is 1.21. The topological polar surface area (TPSA) is 38.7 Å². The maximum atomic E-state index is 5.03. The lowest BCUT2D eigenvalue weighted by atomic mass is 9.68. The highest BCUT2D eigenvalue weighted by Gasteiger charge is 2.47. The molecular formula is C41H31N3. The van der Waals surface area contributed by atoms with Crippen molar-refractivity contribution in [1.29, 1.82) is 0 Å². The lowest BCUT2D eigenvalue weighted by Crippen LogP contribution is -2.22. The van der Waals surface area contributed by atoms with E-state index in [9.17, 15) is 0 Å². The van der Waals surface area contributed by atoms with Gasteiger partial charge in [-0.2, -0.15) is 0 Å². The van der Waals surface area contributed by atoms with Gasteiger partial charge in [-0.15, -0.1) is 0 Å². The molecule has 2 saturated carbocycles. The number of nitrogens with zero attached hydrogens (tertiary/aromatic N) is 3. The lowest BCUT2D eigenvalue weighted by Gasteiger charge is -2.36. The van der Waals surface area contributed by atoms with Crippen LogP contribution in [0.1, 0.15) is 48.6 Å². The fourth-order valence-electron chi connectivity index (χ4n) is 8.98. The molecule has 3 aliphatic rings. The van der Waals surface area contributed by atoms with Crippen molar-refractivity contribution in [3.8, 4) is 34.2 Å². The first-order valence-corrected chi connectivity index (χ1v) is 16.1. The number of fused-ring (bicyclic) bond motifs is 11. The van der Waals surface area contributed by atoms with E-state index in [1.807, 2.05) is 36.4 Å². The Hall–Kier alpha value is -4.89. The molecule has 210 valence electrons. The molecule has 3 heteroatoms. The largest absolute Gasteiger partial charge is 0.208 e. The minimum absolute atomic E-state index is 0.689. The highest BCUT2D eigenvalue weighted by atomic mass is 15.0. The van der Waals surface area contributed by atoms with Gasteiger partial charge in [0.2, 0.25) is 0 Å². The molecule has 1 heterocycles. The molecule has 7 aromatic rings. The zero-order valence-electron chi connectivity index (χ0n) is 24.4. The maximum Gasteiger partial charge on any atom is 0.164 e. The molecule has 1 aromatic heterocycles. The predicted octanol–water partition coefficient (Wildman–Crippen LogP) is 10.3. The van der Waals surface area contributed by atoms with Gasteiger partial charge in [-0.3, -0.25) is 0 Å². The van der Waals surface area contributed by atoms with Crippen molar-refractivity contribution in [3.05, 3.63) is 126 Å². The molecule has 2 fully saturated rings. The van der Waals surface area contributed by atoms with Gasteiger partial charge in [0, 0.05) is 16.7 Å². The van der Waals surface area contributed by atoms with Crippen molar-refractivity contribution >= 4 is 32.3 Å². The Labute approximate surface area is 256 Å². The molecule has 0 saturated heterocycles. The van der Waals surface area contributed by atoms with E-state index < -0.39 is 0 Å². The van der Waals surface area contributed by atoms with Gasteiger partial charge in [0.1, 0.15) is 0 Å². The molecule has 3 nitrogen and oxygen atoms in total. The van der Waals surface area contributed by atoms with Crippen LogP contribution in [0.5, 0.6) is 0 Å². The minimum Gasteiger partial charge on any atom is -0.208 e. The molecule has 10 rings (SSSR count). The molecule has 0 N–H and O–H groups in total. The number of aromatic nitrogens is 3. The van der Waals surface area contributed by atoms with E-state index in [1.54, 1.807) is 11.1 Å². The van der Waals surface area contributed by atoms with Gasteiger partial charge in [0.25, 0.3) is 0 Å². The molecule has 3 bridgehead atoms. The summed E-state index contributed by atoms with van der Waals surface area (Å²) in [5.41, 5.74) is 6.27. The minimum atomic E-state index is 0.689. The summed E-state index contributed by atoms with van der Waals surface area (Å²) < 4.78 is 0. The standard InChI is InChI=1S/C41H31N3/c1-3-9-25(10-4-1)39-42-40(26-11-5-2-6-12-26)44-41(43-39)27-15-16-32-35(21-27)30-13-7-8-14-31(30)37-23-38-33-19-24-17-28(33)20-29(18-24)34(38)22-36(32)37/h1-16,21-24,28-29,33H,17-20H2.